The summed E-state index contributed by atoms with van der Waals surface area (Å²) in [4.78, 5) is 23.3. The van der Waals surface area contributed by atoms with E-state index in [1.807, 2.05) is 20.8 Å². The highest BCUT2D eigenvalue weighted by molar-refractivity contribution is 5.93. The topological polar surface area (TPSA) is 84.2 Å². The summed E-state index contributed by atoms with van der Waals surface area (Å²) in [6, 6.07) is 7.12. The standard InChI is InChI=1S/C16H25N3O2/c1-11(2)10-16(21)19-14-7-5-13(6-8-14)18-15(20)9-4-12(3)17/h5-8,11-12H,4,9-10,17H2,1-3H3,(H,18,20)(H,19,21). The van der Waals surface area contributed by atoms with E-state index in [4.69, 9.17) is 5.73 Å². The summed E-state index contributed by atoms with van der Waals surface area (Å²) < 4.78 is 0. The molecule has 1 rings (SSSR count). The number of benzene rings is 1. The Labute approximate surface area is 126 Å². The van der Waals surface area contributed by atoms with Crippen LogP contribution in [0.3, 0.4) is 0 Å². The molecule has 0 aliphatic rings. The fraction of sp³-hybridized carbons (Fsp3) is 0.500. The van der Waals surface area contributed by atoms with Crippen molar-refractivity contribution in [3.8, 4) is 0 Å². The molecule has 5 nitrogen and oxygen atoms in total. The molecule has 0 aliphatic carbocycles. The van der Waals surface area contributed by atoms with Gasteiger partial charge in [0.2, 0.25) is 11.8 Å². The first-order valence-electron chi connectivity index (χ1n) is 7.32. The number of nitrogens with one attached hydrogen (secondary N) is 2. The fourth-order valence-electron chi connectivity index (χ4n) is 1.80. The Bertz CT molecular complexity index is 467. The lowest BCUT2D eigenvalue weighted by Gasteiger charge is -2.09. The molecule has 0 spiro atoms. The second-order valence-electron chi connectivity index (χ2n) is 5.79. The first kappa shape index (κ1) is 17.2. The highest BCUT2D eigenvalue weighted by atomic mass is 16.2. The summed E-state index contributed by atoms with van der Waals surface area (Å²) >= 11 is 0. The number of rotatable bonds is 7. The van der Waals surface area contributed by atoms with Gasteiger partial charge in [0, 0.05) is 30.3 Å². The first-order valence-corrected chi connectivity index (χ1v) is 7.32. The molecule has 0 heterocycles. The van der Waals surface area contributed by atoms with Crippen LogP contribution in [0.25, 0.3) is 0 Å². The van der Waals surface area contributed by atoms with E-state index in [2.05, 4.69) is 10.6 Å². The third-order valence-corrected chi connectivity index (χ3v) is 2.87. The van der Waals surface area contributed by atoms with Crippen LogP contribution in [0.2, 0.25) is 0 Å². The molecular weight excluding hydrogens is 266 g/mol. The van der Waals surface area contributed by atoms with Crippen molar-refractivity contribution in [3.63, 3.8) is 0 Å². The molecule has 116 valence electrons. The Morgan fingerprint density at radius 3 is 1.90 bits per heavy atom. The summed E-state index contributed by atoms with van der Waals surface area (Å²) in [6.07, 6.45) is 1.56. The summed E-state index contributed by atoms with van der Waals surface area (Å²) in [5.41, 5.74) is 7.06. The fourth-order valence-corrected chi connectivity index (χ4v) is 1.80. The maximum Gasteiger partial charge on any atom is 0.224 e. The Kier molecular flexibility index (Phi) is 6.88. The van der Waals surface area contributed by atoms with E-state index < -0.39 is 0 Å². The van der Waals surface area contributed by atoms with Crippen molar-refractivity contribution >= 4 is 23.2 Å². The van der Waals surface area contributed by atoms with E-state index in [-0.39, 0.29) is 17.9 Å². The average Bonchev–Trinajstić information content (AvgIpc) is 2.37. The zero-order valence-electron chi connectivity index (χ0n) is 13.0. The minimum absolute atomic E-state index is 0.00119. The lowest BCUT2D eigenvalue weighted by atomic mass is 10.1. The molecule has 5 heteroatoms. The van der Waals surface area contributed by atoms with Crippen LogP contribution in [0.1, 0.15) is 40.0 Å². The normalized spacial score (nSPS) is 12.0. The van der Waals surface area contributed by atoms with Crippen LogP contribution < -0.4 is 16.4 Å². The van der Waals surface area contributed by atoms with Gasteiger partial charge in [-0.1, -0.05) is 13.8 Å². The minimum Gasteiger partial charge on any atom is -0.328 e. The smallest absolute Gasteiger partial charge is 0.224 e. The van der Waals surface area contributed by atoms with Crippen molar-refractivity contribution in [1.29, 1.82) is 0 Å². The summed E-state index contributed by atoms with van der Waals surface area (Å²) in [5.74, 6) is 0.274. The molecule has 1 atom stereocenters. The number of anilines is 2. The number of carbonyl (C=O) groups is 2. The number of nitrogens with two attached hydrogens (primary N) is 1. The van der Waals surface area contributed by atoms with Gasteiger partial charge in [0.25, 0.3) is 0 Å². The predicted molar refractivity (Wildman–Crippen MR) is 86.0 cm³/mol. The molecule has 21 heavy (non-hydrogen) atoms. The maximum absolute atomic E-state index is 11.7. The first-order chi connectivity index (χ1) is 9.86. The van der Waals surface area contributed by atoms with Crippen LogP contribution in [0.15, 0.2) is 24.3 Å². The third kappa shape index (κ3) is 7.46. The van der Waals surface area contributed by atoms with Gasteiger partial charge in [0.1, 0.15) is 0 Å². The Balaban J connectivity index is 2.46. The van der Waals surface area contributed by atoms with Crippen molar-refractivity contribution in [1.82, 2.24) is 0 Å². The molecule has 0 saturated carbocycles. The van der Waals surface area contributed by atoms with Crippen molar-refractivity contribution < 1.29 is 9.59 Å². The summed E-state index contributed by atoms with van der Waals surface area (Å²) in [7, 11) is 0. The maximum atomic E-state index is 11.7. The molecule has 1 unspecified atom stereocenters. The lowest BCUT2D eigenvalue weighted by Crippen LogP contribution is -2.19. The van der Waals surface area contributed by atoms with Crippen LogP contribution >= 0.6 is 0 Å². The van der Waals surface area contributed by atoms with Gasteiger partial charge in [0.05, 0.1) is 0 Å². The Hall–Kier alpha value is -1.88. The Morgan fingerprint density at radius 1 is 1.00 bits per heavy atom. The number of amides is 2. The minimum atomic E-state index is -0.0520. The van der Waals surface area contributed by atoms with Crippen LogP contribution in [0, 0.1) is 5.92 Å². The van der Waals surface area contributed by atoms with Gasteiger partial charge in [-0.25, -0.2) is 0 Å². The molecule has 0 bridgehead atoms. The number of carbonyl (C=O) groups excluding carboxylic acids is 2. The van der Waals surface area contributed by atoms with E-state index in [0.29, 0.717) is 30.9 Å². The van der Waals surface area contributed by atoms with E-state index in [1.54, 1.807) is 24.3 Å². The molecule has 0 fully saturated rings. The highest BCUT2D eigenvalue weighted by Crippen LogP contribution is 2.15. The summed E-state index contributed by atoms with van der Waals surface area (Å²) in [5, 5.41) is 5.63. The highest BCUT2D eigenvalue weighted by Gasteiger charge is 2.06. The van der Waals surface area contributed by atoms with Crippen molar-refractivity contribution in [2.75, 3.05) is 10.6 Å². The van der Waals surface area contributed by atoms with Gasteiger partial charge < -0.3 is 16.4 Å². The van der Waals surface area contributed by atoms with Gasteiger partial charge in [-0.2, -0.15) is 0 Å². The third-order valence-electron chi connectivity index (χ3n) is 2.87. The lowest BCUT2D eigenvalue weighted by molar-refractivity contribution is -0.117. The second-order valence-corrected chi connectivity index (χ2v) is 5.79. The van der Waals surface area contributed by atoms with Crippen LogP contribution in [-0.2, 0) is 9.59 Å². The van der Waals surface area contributed by atoms with Crippen LogP contribution in [0.4, 0.5) is 11.4 Å². The molecule has 4 N–H and O–H groups in total. The Morgan fingerprint density at radius 2 is 1.48 bits per heavy atom. The van der Waals surface area contributed by atoms with Gasteiger partial charge >= 0.3 is 0 Å². The molecule has 1 aromatic carbocycles. The molecule has 2 amide bonds. The van der Waals surface area contributed by atoms with Gasteiger partial charge in [-0.15, -0.1) is 0 Å². The predicted octanol–water partition coefficient (Wildman–Crippen LogP) is 2.74. The van der Waals surface area contributed by atoms with E-state index >= 15 is 0 Å². The van der Waals surface area contributed by atoms with Crippen molar-refractivity contribution in [2.45, 2.75) is 46.1 Å². The molecular formula is C16H25N3O2. The quantitative estimate of drug-likeness (QED) is 0.722. The van der Waals surface area contributed by atoms with E-state index in [0.717, 1.165) is 5.69 Å². The number of hydrogen-bond donors (Lipinski definition) is 3. The molecule has 0 radical (unpaired) electrons. The van der Waals surface area contributed by atoms with Gasteiger partial charge in [0.15, 0.2) is 0 Å². The molecule has 0 saturated heterocycles. The largest absolute Gasteiger partial charge is 0.328 e. The molecule has 1 aromatic rings. The summed E-state index contributed by atoms with van der Waals surface area (Å²) in [6.45, 7) is 5.88. The average molecular weight is 291 g/mol. The van der Waals surface area contributed by atoms with Crippen molar-refractivity contribution in [3.05, 3.63) is 24.3 Å². The van der Waals surface area contributed by atoms with E-state index in [9.17, 15) is 9.59 Å². The van der Waals surface area contributed by atoms with Crippen LogP contribution in [0.5, 0.6) is 0 Å². The van der Waals surface area contributed by atoms with Gasteiger partial charge in [-0.05, 0) is 43.5 Å². The SMILES string of the molecule is CC(C)CC(=O)Nc1ccc(NC(=O)CCC(C)N)cc1. The van der Waals surface area contributed by atoms with Crippen LogP contribution in [-0.4, -0.2) is 17.9 Å². The van der Waals surface area contributed by atoms with Crippen molar-refractivity contribution in [2.24, 2.45) is 11.7 Å². The monoisotopic (exact) mass is 291 g/mol. The zero-order valence-corrected chi connectivity index (χ0v) is 13.0. The second kappa shape index (κ2) is 8.42. The van der Waals surface area contributed by atoms with Gasteiger partial charge in [-0.3, -0.25) is 9.59 Å². The number of hydrogen-bond acceptors (Lipinski definition) is 3. The molecule has 0 aromatic heterocycles. The van der Waals surface area contributed by atoms with E-state index in [1.165, 1.54) is 0 Å². The molecule has 0 aliphatic heterocycles. The zero-order chi connectivity index (χ0) is 15.8.